The summed E-state index contributed by atoms with van der Waals surface area (Å²) in [5.41, 5.74) is 0.380. The summed E-state index contributed by atoms with van der Waals surface area (Å²) >= 11 is 5.68. The van der Waals surface area contributed by atoms with Crippen LogP contribution in [0.3, 0.4) is 0 Å². The second-order valence-corrected chi connectivity index (χ2v) is 7.76. The summed E-state index contributed by atoms with van der Waals surface area (Å²) in [4.78, 5) is 12.2. The number of amides is 1. The Morgan fingerprint density at radius 1 is 1.20 bits per heavy atom. The van der Waals surface area contributed by atoms with Gasteiger partial charge < -0.3 is 10.1 Å². The van der Waals surface area contributed by atoms with E-state index in [1.807, 2.05) is 0 Å². The molecular formula is C16H16ClFN2O4S. The lowest BCUT2D eigenvalue weighted by Crippen LogP contribution is -2.23. The molecule has 2 aromatic rings. The van der Waals surface area contributed by atoms with Crippen molar-refractivity contribution < 1.29 is 22.3 Å². The summed E-state index contributed by atoms with van der Waals surface area (Å²) in [6.45, 7) is 0. The molecule has 0 aromatic heterocycles. The minimum absolute atomic E-state index is 0.0988. The molecule has 0 heterocycles. The third-order valence-electron chi connectivity index (χ3n) is 3.36. The number of nitrogens with one attached hydrogen (secondary N) is 1. The Hall–Kier alpha value is -2.16. The van der Waals surface area contributed by atoms with Gasteiger partial charge in [0, 0.05) is 25.3 Å². The summed E-state index contributed by atoms with van der Waals surface area (Å²) in [5.74, 6) is -1.06. The van der Waals surface area contributed by atoms with Crippen molar-refractivity contribution >= 4 is 33.2 Å². The fraction of sp³-hybridized carbons (Fsp3) is 0.188. The van der Waals surface area contributed by atoms with Crippen molar-refractivity contribution in [2.24, 2.45) is 0 Å². The highest BCUT2D eigenvalue weighted by Crippen LogP contribution is 2.27. The van der Waals surface area contributed by atoms with Crippen molar-refractivity contribution in [1.29, 1.82) is 0 Å². The first-order valence-electron chi connectivity index (χ1n) is 7.03. The van der Waals surface area contributed by atoms with Crippen molar-refractivity contribution in [1.82, 2.24) is 4.31 Å². The maximum Gasteiger partial charge on any atom is 0.255 e. The van der Waals surface area contributed by atoms with E-state index >= 15 is 0 Å². The fourth-order valence-electron chi connectivity index (χ4n) is 1.99. The van der Waals surface area contributed by atoms with E-state index in [1.165, 1.54) is 51.5 Å². The zero-order valence-electron chi connectivity index (χ0n) is 13.7. The number of sulfonamides is 1. The number of nitrogens with zero attached hydrogens (tertiary/aromatic N) is 1. The van der Waals surface area contributed by atoms with Crippen molar-refractivity contribution in [3.8, 4) is 5.75 Å². The second kappa shape index (κ2) is 7.38. The summed E-state index contributed by atoms with van der Waals surface area (Å²) in [5, 5.41) is 2.40. The quantitative estimate of drug-likeness (QED) is 0.857. The number of ether oxygens (including phenoxy) is 1. The first-order chi connectivity index (χ1) is 11.7. The lowest BCUT2D eigenvalue weighted by atomic mass is 10.2. The predicted octanol–water partition coefficient (Wildman–Crippen LogP) is 2.99. The molecular weight excluding hydrogens is 371 g/mol. The van der Waals surface area contributed by atoms with Gasteiger partial charge in [-0.05, 0) is 36.4 Å². The number of methoxy groups -OCH3 is 1. The van der Waals surface area contributed by atoms with Crippen molar-refractivity contribution in [2.75, 3.05) is 26.5 Å². The van der Waals surface area contributed by atoms with Gasteiger partial charge in [0.15, 0.2) is 0 Å². The fourth-order valence-corrected chi connectivity index (χ4v) is 3.25. The monoisotopic (exact) mass is 386 g/mol. The molecule has 0 fully saturated rings. The van der Waals surface area contributed by atoms with E-state index in [4.69, 9.17) is 16.3 Å². The molecule has 0 saturated carbocycles. The number of benzene rings is 2. The molecule has 0 radical (unpaired) electrons. The first-order valence-corrected chi connectivity index (χ1v) is 8.85. The molecule has 0 aliphatic rings. The third-order valence-corrected chi connectivity index (χ3v) is 5.49. The lowest BCUT2D eigenvalue weighted by Gasteiger charge is -2.15. The second-order valence-electron chi connectivity index (χ2n) is 5.24. The van der Waals surface area contributed by atoms with Crippen LogP contribution in [0.15, 0.2) is 41.3 Å². The van der Waals surface area contributed by atoms with Gasteiger partial charge >= 0.3 is 0 Å². The van der Waals surface area contributed by atoms with Gasteiger partial charge in [-0.25, -0.2) is 17.1 Å². The Kier molecular flexibility index (Phi) is 5.66. The van der Waals surface area contributed by atoms with E-state index in [0.29, 0.717) is 0 Å². The highest BCUT2D eigenvalue weighted by Gasteiger charge is 2.24. The number of carbonyl (C=O) groups excluding carboxylic acids is 1. The lowest BCUT2D eigenvalue weighted by molar-refractivity contribution is 0.102. The van der Waals surface area contributed by atoms with E-state index in [9.17, 15) is 17.6 Å². The van der Waals surface area contributed by atoms with Crippen molar-refractivity contribution in [3.63, 3.8) is 0 Å². The molecule has 2 rings (SSSR count). The maximum absolute atomic E-state index is 13.2. The Bertz CT molecular complexity index is 916. The highest BCUT2D eigenvalue weighted by atomic mass is 35.5. The number of carbonyl (C=O) groups is 1. The average molecular weight is 387 g/mol. The van der Waals surface area contributed by atoms with E-state index < -0.39 is 21.7 Å². The first kappa shape index (κ1) is 19.2. The van der Waals surface area contributed by atoms with Crippen LogP contribution in [-0.4, -0.2) is 39.8 Å². The van der Waals surface area contributed by atoms with Crippen LogP contribution in [0, 0.1) is 5.82 Å². The van der Waals surface area contributed by atoms with Gasteiger partial charge in [-0.1, -0.05) is 11.6 Å². The van der Waals surface area contributed by atoms with Crippen LogP contribution in [0.25, 0.3) is 0 Å². The molecule has 1 amide bonds. The van der Waals surface area contributed by atoms with Gasteiger partial charge in [-0.3, -0.25) is 4.79 Å². The summed E-state index contributed by atoms with van der Waals surface area (Å²) in [6, 6.07) is 7.76. The van der Waals surface area contributed by atoms with Crippen LogP contribution in [0.5, 0.6) is 5.75 Å². The Labute approximate surface area is 150 Å². The van der Waals surface area contributed by atoms with E-state index in [-0.39, 0.29) is 26.9 Å². The Morgan fingerprint density at radius 3 is 2.44 bits per heavy atom. The summed E-state index contributed by atoms with van der Waals surface area (Å²) in [6.07, 6.45) is 0. The molecule has 0 atom stereocenters. The number of anilines is 1. The zero-order chi connectivity index (χ0) is 18.8. The minimum atomic E-state index is -3.80. The maximum atomic E-state index is 13.2. The van der Waals surface area contributed by atoms with Crippen LogP contribution >= 0.6 is 11.6 Å². The minimum Gasteiger partial charge on any atom is -0.495 e. The molecule has 0 spiro atoms. The molecule has 0 aliphatic carbocycles. The zero-order valence-corrected chi connectivity index (χ0v) is 15.3. The molecule has 0 unspecified atom stereocenters. The Morgan fingerprint density at radius 2 is 1.88 bits per heavy atom. The van der Waals surface area contributed by atoms with Crippen LogP contribution in [0.4, 0.5) is 10.1 Å². The summed E-state index contributed by atoms with van der Waals surface area (Å²) < 4.78 is 44.0. The molecule has 2 aromatic carbocycles. The molecule has 1 N–H and O–H groups in total. The molecule has 0 bridgehead atoms. The Balaban J connectivity index is 2.39. The standard InChI is InChI=1S/C16H16ClFN2O4S/c1-20(2)25(22,23)15-8-10(4-7-14(15)24-3)16(21)19-11-5-6-13(18)12(17)9-11/h4-9H,1-3H3,(H,19,21). The predicted molar refractivity (Wildman–Crippen MR) is 93.2 cm³/mol. The third kappa shape index (κ3) is 4.09. The number of halogens is 2. The van der Waals surface area contributed by atoms with E-state index in [2.05, 4.69) is 5.32 Å². The number of rotatable bonds is 5. The molecule has 9 heteroatoms. The van der Waals surface area contributed by atoms with Gasteiger partial charge in [0.05, 0.1) is 12.1 Å². The molecule has 0 saturated heterocycles. The molecule has 134 valence electrons. The average Bonchev–Trinajstić information content (AvgIpc) is 2.57. The molecule has 0 aliphatic heterocycles. The van der Waals surface area contributed by atoms with Crippen LogP contribution in [0.1, 0.15) is 10.4 Å². The molecule has 6 nitrogen and oxygen atoms in total. The van der Waals surface area contributed by atoms with Crippen molar-refractivity contribution in [2.45, 2.75) is 4.90 Å². The largest absolute Gasteiger partial charge is 0.495 e. The van der Waals surface area contributed by atoms with Gasteiger partial charge in [-0.2, -0.15) is 0 Å². The number of hydrogen-bond donors (Lipinski definition) is 1. The SMILES string of the molecule is COc1ccc(C(=O)Nc2ccc(F)c(Cl)c2)cc1S(=O)(=O)N(C)C. The summed E-state index contributed by atoms with van der Waals surface area (Å²) in [7, 11) is 0.288. The molecule has 25 heavy (non-hydrogen) atoms. The van der Waals surface area contributed by atoms with Gasteiger partial charge in [0.1, 0.15) is 16.5 Å². The van der Waals surface area contributed by atoms with Crippen molar-refractivity contribution in [3.05, 3.63) is 52.8 Å². The normalized spacial score (nSPS) is 11.4. The van der Waals surface area contributed by atoms with Crippen LogP contribution in [-0.2, 0) is 10.0 Å². The highest BCUT2D eigenvalue weighted by molar-refractivity contribution is 7.89. The van der Waals surface area contributed by atoms with Gasteiger partial charge in [0.2, 0.25) is 10.0 Å². The van der Waals surface area contributed by atoms with Gasteiger partial charge in [-0.15, -0.1) is 0 Å². The van der Waals surface area contributed by atoms with Crippen LogP contribution in [0.2, 0.25) is 5.02 Å². The topological polar surface area (TPSA) is 75.7 Å². The van der Waals surface area contributed by atoms with Crippen LogP contribution < -0.4 is 10.1 Å². The van der Waals surface area contributed by atoms with Gasteiger partial charge in [0.25, 0.3) is 5.91 Å². The van der Waals surface area contributed by atoms with E-state index in [1.54, 1.807) is 0 Å². The number of hydrogen-bond acceptors (Lipinski definition) is 4. The van der Waals surface area contributed by atoms with E-state index in [0.717, 1.165) is 10.4 Å². The smallest absolute Gasteiger partial charge is 0.255 e.